The summed E-state index contributed by atoms with van der Waals surface area (Å²) in [6.07, 6.45) is 3.02. The van der Waals surface area contributed by atoms with Gasteiger partial charge < -0.3 is 14.6 Å². The molecule has 0 radical (unpaired) electrons. The quantitative estimate of drug-likeness (QED) is 0.906. The molecule has 5 nitrogen and oxygen atoms in total. The molecule has 0 spiro atoms. The summed E-state index contributed by atoms with van der Waals surface area (Å²) in [5, 5.41) is 7.18. The zero-order valence-electron chi connectivity index (χ0n) is 11.8. The van der Waals surface area contributed by atoms with Crippen LogP contribution in [0.5, 0.6) is 5.75 Å². The van der Waals surface area contributed by atoms with E-state index < -0.39 is 0 Å². The fourth-order valence-electron chi connectivity index (χ4n) is 2.62. The number of rotatable bonds is 5. The molecule has 3 rings (SSSR count). The molecular formula is C15H19N3O2. The third-order valence-corrected chi connectivity index (χ3v) is 3.73. The van der Waals surface area contributed by atoms with E-state index >= 15 is 0 Å². The first-order valence-electron chi connectivity index (χ1n) is 7.04. The zero-order valence-corrected chi connectivity index (χ0v) is 11.8. The number of aromatic nitrogens is 2. The van der Waals surface area contributed by atoms with Gasteiger partial charge in [-0.1, -0.05) is 18.1 Å². The first kappa shape index (κ1) is 13.1. The Kier molecular flexibility index (Phi) is 3.69. The molecule has 1 aromatic heterocycles. The smallest absolute Gasteiger partial charge is 0.264 e. The van der Waals surface area contributed by atoms with E-state index in [1.165, 1.54) is 11.1 Å². The molecular weight excluding hydrogens is 254 g/mol. The van der Waals surface area contributed by atoms with Crippen LogP contribution in [0.3, 0.4) is 0 Å². The van der Waals surface area contributed by atoms with Crippen molar-refractivity contribution in [2.45, 2.75) is 38.8 Å². The molecule has 1 unspecified atom stereocenters. The summed E-state index contributed by atoms with van der Waals surface area (Å²) in [7, 11) is 2.01. The van der Waals surface area contributed by atoms with Gasteiger partial charge in [-0.05, 0) is 43.1 Å². The van der Waals surface area contributed by atoms with Gasteiger partial charge >= 0.3 is 0 Å². The molecule has 0 amide bonds. The first-order chi connectivity index (χ1) is 9.80. The van der Waals surface area contributed by atoms with E-state index in [0.29, 0.717) is 18.5 Å². The average Bonchev–Trinajstić information content (AvgIpc) is 3.10. The van der Waals surface area contributed by atoms with E-state index in [2.05, 4.69) is 27.6 Å². The lowest BCUT2D eigenvalue weighted by molar-refractivity contribution is 0.242. The highest BCUT2D eigenvalue weighted by atomic mass is 16.5. The largest absolute Gasteiger partial charge is 0.484 e. The second-order valence-corrected chi connectivity index (χ2v) is 4.99. The van der Waals surface area contributed by atoms with Crippen LogP contribution in [0.4, 0.5) is 0 Å². The Morgan fingerprint density at radius 3 is 3.10 bits per heavy atom. The van der Waals surface area contributed by atoms with Crippen molar-refractivity contribution in [1.82, 2.24) is 15.5 Å². The maximum absolute atomic E-state index is 5.73. The van der Waals surface area contributed by atoms with Crippen LogP contribution in [0.2, 0.25) is 0 Å². The van der Waals surface area contributed by atoms with Crippen LogP contribution in [-0.2, 0) is 19.4 Å². The minimum Gasteiger partial charge on any atom is -0.484 e. The maximum atomic E-state index is 5.73. The number of aryl methyl sites for hydroxylation is 2. The summed E-state index contributed by atoms with van der Waals surface area (Å²) in [4.78, 5) is 4.23. The van der Waals surface area contributed by atoms with Crippen molar-refractivity contribution in [1.29, 1.82) is 0 Å². The first-order valence-corrected chi connectivity index (χ1v) is 7.04. The second kappa shape index (κ2) is 5.63. The normalized spacial score (nSPS) is 17.2. The number of nitrogens with zero attached hydrogens (tertiary/aromatic N) is 2. The van der Waals surface area contributed by atoms with Gasteiger partial charge in [0.1, 0.15) is 5.75 Å². The molecule has 1 heterocycles. The molecule has 0 saturated heterocycles. The molecule has 5 heteroatoms. The van der Waals surface area contributed by atoms with Gasteiger partial charge in [0.05, 0.1) is 0 Å². The van der Waals surface area contributed by atoms with Crippen molar-refractivity contribution < 1.29 is 9.26 Å². The van der Waals surface area contributed by atoms with Crippen LogP contribution >= 0.6 is 0 Å². The van der Waals surface area contributed by atoms with E-state index in [-0.39, 0.29) is 0 Å². The number of hydrogen-bond acceptors (Lipinski definition) is 5. The van der Waals surface area contributed by atoms with Gasteiger partial charge in [0.15, 0.2) is 12.4 Å². The molecule has 0 saturated carbocycles. The lowest BCUT2D eigenvalue weighted by atomic mass is 10.1. The Hall–Kier alpha value is -1.88. The summed E-state index contributed by atoms with van der Waals surface area (Å²) in [6, 6.07) is 6.74. The average molecular weight is 273 g/mol. The lowest BCUT2D eigenvalue weighted by Crippen LogP contribution is -2.12. The Labute approximate surface area is 118 Å². The lowest BCUT2D eigenvalue weighted by Gasteiger charge is -2.10. The molecule has 0 fully saturated rings. The fourth-order valence-corrected chi connectivity index (χ4v) is 2.62. The maximum Gasteiger partial charge on any atom is 0.264 e. The number of benzene rings is 1. The molecule has 1 aromatic carbocycles. The molecule has 1 N–H and O–H groups in total. The molecule has 1 aliphatic carbocycles. The monoisotopic (exact) mass is 273 g/mol. The van der Waals surface area contributed by atoms with Gasteiger partial charge in [-0.2, -0.15) is 4.98 Å². The number of hydrogen-bond donors (Lipinski definition) is 1. The van der Waals surface area contributed by atoms with E-state index in [1.807, 2.05) is 20.0 Å². The Morgan fingerprint density at radius 1 is 1.45 bits per heavy atom. The summed E-state index contributed by atoms with van der Waals surface area (Å²) in [5.74, 6) is 2.10. The second-order valence-electron chi connectivity index (χ2n) is 4.99. The van der Waals surface area contributed by atoms with Gasteiger partial charge in [0.2, 0.25) is 0 Å². The Bertz CT molecular complexity index is 595. The van der Waals surface area contributed by atoms with E-state index in [4.69, 9.17) is 9.26 Å². The van der Waals surface area contributed by atoms with Crippen LogP contribution in [-0.4, -0.2) is 17.2 Å². The molecule has 2 aromatic rings. The summed E-state index contributed by atoms with van der Waals surface area (Å²) in [6.45, 7) is 2.31. The third kappa shape index (κ3) is 2.54. The minimum atomic E-state index is 0.321. The van der Waals surface area contributed by atoms with Crippen LogP contribution in [0.1, 0.15) is 42.2 Å². The number of fused-ring (bicyclic) bond motifs is 1. The molecule has 0 bridgehead atoms. The molecule has 106 valence electrons. The summed E-state index contributed by atoms with van der Waals surface area (Å²) >= 11 is 0. The van der Waals surface area contributed by atoms with Crippen molar-refractivity contribution in [3.05, 3.63) is 41.0 Å². The molecule has 1 atom stereocenters. The fraction of sp³-hybridized carbons (Fsp3) is 0.467. The minimum absolute atomic E-state index is 0.321. The molecule has 20 heavy (non-hydrogen) atoms. The van der Waals surface area contributed by atoms with E-state index in [9.17, 15) is 0 Å². The highest BCUT2D eigenvalue weighted by Crippen LogP contribution is 2.33. The van der Waals surface area contributed by atoms with E-state index in [1.54, 1.807) is 0 Å². The van der Waals surface area contributed by atoms with Crippen LogP contribution in [0, 0.1) is 0 Å². The Morgan fingerprint density at radius 2 is 2.35 bits per heavy atom. The van der Waals surface area contributed by atoms with Gasteiger partial charge in [0, 0.05) is 12.5 Å². The zero-order chi connectivity index (χ0) is 13.9. The predicted octanol–water partition coefficient (Wildman–Crippen LogP) is 2.42. The van der Waals surface area contributed by atoms with Crippen molar-refractivity contribution in [3.8, 4) is 5.75 Å². The van der Waals surface area contributed by atoms with E-state index in [0.717, 1.165) is 30.8 Å². The van der Waals surface area contributed by atoms with Crippen molar-refractivity contribution in [3.63, 3.8) is 0 Å². The molecule has 0 aliphatic heterocycles. The SMILES string of the molecule is CCc1noc(COc2ccc3c(c2)CCC3NC)n1. The highest BCUT2D eigenvalue weighted by Gasteiger charge is 2.21. The topological polar surface area (TPSA) is 60.2 Å². The predicted molar refractivity (Wildman–Crippen MR) is 74.6 cm³/mol. The van der Waals surface area contributed by atoms with Gasteiger partial charge in [-0.15, -0.1) is 0 Å². The summed E-state index contributed by atoms with van der Waals surface area (Å²) in [5.41, 5.74) is 2.74. The third-order valence-electron chi connectivity index (χ3n) is 3.73. The molecule has 1 aliphatic rings. The highest BCUT2D eigenvalue weighted by molar-refractivity contribution is 5.40. The van der Waals surface area contributed by atoms with Gasteiger partial charge in [0.25, 0.3) is 5.89 Å². The number of ether oxygens (including phenoxy) is 1. The Balaban J connectivity index is 1.67. The number of nitrogens with one attached hydrogen (secondary N) is 1. The van der Waals surface area contributed by atoms with Crippen molar-refractivity contribution >= 4 is 0 Å². The van der Waals surface area contributed by atoms with Crippen molar-refractivity contribution in [2.24, 2.45) is 0 Å². The van der Waals surface area contributed by atoms with Crippen LogP contribution in [0.25, 0.3) is 0 Å². The van der Waals surface area contributed by atoms with Gasteiger partial charge in [-0.25, -0.2) is 0 Å². The van der Waals surface area contributed by atoms with Gasteiger partial charge in [-0.3, -0.25) is 0 Å². The van der Waals surface area contributed by atoms with Crippen LogP contribution in [0.15, 0.2) is 22.7 Å². The summed E-state index contributed by atoms with van der Waals surface area (Å²) < 4.78 is 10.8. The standard InChI is InChI=1S/C15H19N3O2/c1-3-14-17-15(20-18-14)9-19-11-5-6-12-10(8-11)4-7-13(12)16-2/h5-6,8,13,16H,3-4,7,9H2,1-2H3. The van der Waals surface area contributed by atoms with Crippen LogP contribution < -0.4 is 10.1 Å². The van der Waals surface area contributed by atoms with Crippen molar-refractivity contribution in [2.75, 3.05) is 7.05 Å².